The minimum atomic E-state index is -0.0948. The molecule has 0 aliphatic carbocycles. The highest BCUT2D eigenvalue weighted by Crippen LogP contribution is 2.17. The molecule has 0 aromatic carbocycles. The molecule has 0 amide bonds. The van der Waals surface area contributed by atoms with Crippen LogP contribution < -0.4 is 0 Å². The SMILES string of the molecule is CCC(O)CCCN1CCC(N2CCOCC2)C1. The van der Waals surface area contributed by atoms with E-state index in [-0.39, 0.29) is 6.10 Å². The highest BCUT2D eigenvalue weighted by Gasteiger charge is 2.28. The fourth-order valence-electron chi connectivity index (χ4n) is 3.01. The molecule has 0 spiro atoms. The number of hydrogen-bond donors (Lipinski definition) is 1. The molecular weight excluding hydrogens is 228 g/mol. The normalized spacial score (nSPS) is 28.7. The van der Waals surface area contributed by atoms with Gasteiger partial charge in [-0.05, 0) is 38.8 Å². The number of morpholine rings is 1. The summed E-state index contributed by atoms with van der Waals surface area (Å²) in [6.07, 6.45) is 4.18. The summed E-state index contributed by atoms with van der Waals surface area (Å²) in [6, 6.07) is 0.741. The van der Waals surface area contributed by atoms with Crippen molar-refractivity contribution in [2.24, 2.45) is 0 Å². The first kappa shape index (κ1) is 14.3. The third kappa shape index (κ3) is 4.19. The molecule has 0 aromatic rings. The van der Waals surface area contributed by atoms with Gasteiger partial charge in [0.1, 0.15) is 0 Å². The zero-order valence-corrected chi connectivity index (χ0v) is 11.7. The van der Waals surface area contributed by atoms with Crippen molar-refractivity contribution in [1.29, 1.82) is 0 Å². The van der Waals surface area contributed by atoms with E-state index < -0.39 is 0 Å². The second-order valence-corrected chi connectivity index (χ2v) is 5.60. The molecule has 18 heavy (non-hydrogen) atoms. The van der Waals surface area contributed by atoms with Crippen molar-refractivity contribution in [2.75, 3.05) is 45.9 Å². The third-order valence-electron chi connectivity index (χ3n) is 4.29. The maximum absolute atomic E-state index is 9.55. The van der Waals surface area contributed by atoms with Crippen molar-refractivity contribution in [1.82, 2.24) is 9.80 Å². The number of rotatable bonds is 6. The quantitative estimate of drug-likeness (QED) is 0.767. The van der Waals surface area contributed by atoms with Crippen molar-refractivity contribution in [3.05, 3.63) is 0 Å². The fraction of sp³-hybridized carbons (Fsp3) is 1.00. The Morgan fingerprint density at radius 2 is 2.06 bits per heavy atom. The van der Waals surface area contributed by atoms with Crippen LogP contribution in [0, 0.1) is 0 Å². The van der Waals surface area contributed by atoms with Gasteiger partial charge in [0.05, 0.1) is 19.3 Å². The fourth-order valence-corrected chi connectivity index (χ4v) is 3.01. The molecule has 2 saturated heterocycles. The molecule has 0 bridgehead atoms. The van der Waals surface area contributed by atoms with Gasteiger partial charge in [-0.2, -0.15) is 0 Å². The van der Waals surface area contributed by atoms with Gasteiger partial charge in [-0.25, -0.2) is 0 Å². The summed E-state index contributed by atoms with van der Waals surface area (Å²) in [7, 11) is 0. The molecule has 4 heteroatoms. The Balaban J connectivity index is 1.62. The third-order valence-corrected chi connectivity index (χ3v) is 4.29. The largest absolute Gasteiger partial charge is 0.393 e. The van der Waals surface area contributed by atoms with Crippen LogP contribution in [0.2, 0.25) is 0 Å². The van der Waals surface area contributed by atoms with Crippen LogP contribution in [0.15, 0.2) is 0 Å². The Kier molecular flexibility index (Phi) is 5.89. The summed E-state index contributed by atoms with van der Waals surface area (Å²) in [5.41, 5.74) is 0. The summed E-state index contributed by atoms with van der Waals surface area (Å²) in [5.74, 6) is 0. The zero-order chi connectivity index (χ0) is 12.8. The number of aliphatic hydroxyl groups excluding tert-OH is 1. The molecule has 0 aromatic heterocycles. The van der Waals surface area contributed by atoms with Crippen LogP contribution in [0.5, 0.6) is 0 Å². The van der Waals surface area contributed by atoms with Crippen molar-refractivity contribution >= 4 is 0 Å². The lowest BCUT2D eigenvalue weighted by molar-refractivity contribution is 0.0184. The Hall–Kier alpha value is -0.160. The summed E-state index contributed by atoms with van der Waals surface area (Å²) < 4.78 is 5.41. The van der Waals surface area contributed by atoms with E-state index in [1.165, 1.54) is 19.5 Å². The van der Waals surface area contributed by atoms with Crippen LogP contribution in [0.4, 0.5) is 0 Å². The van der Waals surface area contributed by atoms with E-state index >= 15 is 0 Å². The highest BCUT2D eigenvalue weighted by molar-refractivity contribution is 4.84. The predicted octanol–water partition coefficient (Wildman–Crippen LogP) is 0.944. The van der Waals surface area contributed by atoms with Gasteiger partial charge in [-0.1, -0.05) is 6.92 Å². The summed E-state index contributed by atoms with van der Waals surface area (Å²) in [5, 5.41) is 9.55. The predicted molar refractivity (Wildman–Crippen MR) is 72.8 cm³/mol. The number of hydrogen-bond acceptors (Lipinski definition) is 4. The number of ether oxygens (including phenoxy) is 1. The van der Waals surface area contributed by atoms with E-state index in [0.29, 0.717) is 0 Å². The van der Waals surface area contributed by atoms with Gasteiger partial charge >= 0.3 is 0 Å². The molecule has 2 unspecified atom stereocenters. The van der Waals surface area contributed by atoms with Gasteiger partial charge < -0.3 is 14.7 Å². The standard InChI is InChI=1S/C14H28N2O2/c1-2-14(17)4-3-6-15-7-5-13(12-15)16-8-10-18-11-9-16/h13-14,17H,2-12H2,1H3. The average Bonchev–Trinajstić information content (AvgIpc) is 2.88. The molecule has 1 N–H and O–H groups in total. The van der Waals surface area contributed by atoms with Gasteiger partial charge in [0.15, 0.2) is 0 Å². The Bertz CT molecular complexity index is 232. The van der Waals surface area contributed by atoms with Crippen LogP contribution in [0.1, 0.15) is 32.6 Å². The summed E-state index contributed by atoms with van der Waals surface area (Å²) in [6.45, 7) is 9.65. The zero-order valence-electron chi connectivity index (χ0n) is 11.7. The molecule has 4 nitrogen and oxygen atoms in total. The summed E-state index contributed by atoms with van der Waals surface area (Å²) >= 11 is 0. The van der Waals surface area contributed by atoms with Crippen molar-refractivity contribution in [3.63, 3.8) is 0 Å². The van der Waals surface area contributed by atoms with Gasteiger partial charge in [-0.15, -0.1) is 0 Å². The first-order valence-electron chi connectivity index (χ1n) is 7.51. The lowest BCUT2D eigenvalue weighted by Gasteiger charge is -2.32. The van der Waals surface area contributed by atoms with Crippen LogP contribution >= 0.6 is 0 Å². The van der Waals surface area contributed by atoms with E-state index in [1.54, 1.807) is 0 Å². The molecule has 2 heterocycles. The minimum Gasteiger partial charge on any atom is -0.393 e. The number of aliphatic hydroxyl groups is 1. The molecule has 2 rings (SSSR count). The highest BCUT2D eigenvalue weighted by atomic mass is 16.5. The van der Waals surface area contributed by atoms with Gasteiger partial charge in [-0.3, -0.25) is 4.90 Å². The van der Waals surface area contributed by atoms with Crippen molar-refractivity contribution < 1.29 is 9.84 Å². The van der Waals surface area contributed by atoms with Gasteiger partial charge in [0.25, 0.3) is 0 Å². The molecule has 106 valence electrons. The number of likely N-dealkylation sites (tertiary alicyclic amines) is 1. The Labute approximate surface area is 111 Å². The first-order valence-corrected chi connectivity index (χ1v) is 7.51. The van der Waals surface area contributed by atoms with Crippen LogP contribution in [-0.4, -0.2) is 73.0 Å². The van der Waals surface area contributed by atoms with Crippen molar-refractivity contribution in [2.45, 2.75) is 44.8 Å². The Morgan fingerprint density at radius 1 is 1.28 bits per heavy atom. The van der Waals surface area contributed by atoms with E-state index in [0.717, 1.165) is 58.2 Å². The number of nitrogens with zero attached hydrogens (tertiary/aromatic N) is 2. The van der Waals surface area contributed by atoms with Gasteiger partial charge in [0, 0.05) is 25.7 Å². The molecule has 2 fully saturated rings. The minimum absolute atomic E-state index is 0.0948. The topological polar surface area (TPSA) is 35.9 Å². The van der Waals surface area contributed by atoms with E-state index in [9.17, 15) is 5.11 Å². The van der Waals surface area contributed by atoms with Crippen LogP contribution in [0.25, 0.3) is 0 Å². The maximum atomic E-state index is 9.55. The first-order chi connectivity index (χ1) is 8.79. The lowest BCUT2D eigenvalue weighted by Crippen LogP contribution is -2.44. The average molecular weight is 256 g/mol. The molecule has 0 saturated carbocycles. The van der Waals surface area contributed by atoms with E-state index in [2.05, 4.69) is 16.7 Å². The monoisotopic (exact) mass is 256 g/mol. The summed E-state index contributed by atoms with van der Waals surface area (Å²) in [4.78, 5) is 5.15. The van der Waals surface area contributed by atoms with E-state index in [4.69, 9.17) is 4.74 Å². The molecular formula is C14H28N2O2. The molecule has 2 aliphatic rings. The van der Waals surface area contributed by atoms with Crippen LogP contribution in [0.3, 0.4) is 0 Å². The maximum Gasteiger partial charge on any atom is 0.0594 e. The van der Waals surface area contributed by atoms with Gasteiger partial charge in [0.2, 0.25) is 0 Å². The second kappa shape index (κ2) is 7.43. The molecule has 2 atom stereocenters. The van der Waals surface area contributed by atoms with Crippen molar-refractivity contribution in [3.8, 4) is 0 Å². The molecule has 0 radical (unpaired) electrons. The lowest BCUT2D eigenvalue weighted by atomic mass is 10.1. The Morgan fingerprint density at radius 3 is 2.78 bits per heavy atom. The van der Waals surface area contributed by atoms with Crippen LogP contribution in [-0.2, 0) is 4.74 Å². The molecule has 2 aliphatic heterocycles. The van der Waals surface area contributed by atoms with E-state index in [1.807, 2.05) is 0 Å². The second-order valence-electron chi connectivity index (χ2n) is 5.60. The smallest absolute Gasteiger partial charge is 0.0594 e.